The van der Waals surface area contributed by atoms with E-state index in [2.05, 4.69) is 5.32 Å². The number of aromatic carboxylic acids is 1. The van der Waals surface area contributed by atoms with E-state index in [0.29, 0.717) is 25.7 Å². The Morgan fingerprint density at radius 3 is 2.55 bits per heavy atom. The van der Waals surface area contributed by atoms with Crippen LogP contribution in [0.3, 0.4) is 0 Å². The molecule has 0 aliphatic heterocycles. The Morgan fingerprint density at radius 2 is 1.87 bits per heavy atom. The number of rotatable bonds is 5. The number of carboxylic acid groups (broad SMARTS) is 1. The molecule has 1 fully saturated rings. The molecule has 0 saturated heterocycles. The molecule has 0 heterocycles. The number of halogens is 3. The van der Waals surface area contributed by atoms with E-state index < -0.39 is 24.4 Å². The van der Waals surface area contributed by atoms with Crippen molar-refractivity contribution in [3.05, 3.63) is 70.8 Å². The van der Waals surface area contributed by atoms with Gasteiger partial charge in [-0.15, -0.1) is 0 Å². The maximum Gasteiger partial charge on any atom is 0.401 e. The largest absolute Gasteiger partial charge is 0.478 e. The molecule has 166 valence electrons. The molecule has 0 spiro atoms. The van der Waals surface area contributed by atoms with Crippen molar-refractivity contribution in [1.82, 2.24) is 5.32 Å². The summed E-state index contributed by atoms with van der Waals surface area (Å²) in [5, 5.41) is 22.7. The van der Waals surface area contributed by atoms with Crippen LogP contribution in [0.4, 0.5) is 13.2 Å². The molecule has 7 heteroatoms. The van der Waals surface area contributed by atoms with Gasteiger partial charge in [-0.1, -0.05) is 36.4 Å². The number of aryl methyl sites for hydroxylation is 1. The quantitative estimate of drug-likeness (QED) is 0.610. The highest BCUT2D eigenvalue weighted by Gasteiger charge is 2.52. The predicted octanol–water partition coefficient (Wildman–Crippen LogP) is 4.45. The van der Waals surface area contributed by atoms with Crippen LogP contribution in [0.5, 0.6) is 0 Å². The van der Waals surface area contributed by atoms with Crippen LogP contribution < -0.4 is 5.32 Å². The van der Waals surface area contributed by atoms with E-state index in [0.717, 1.165) is 16.7 Å². The number of alkyl halides is 3. The number of hydrogen-bond acceptors (Lipinski definition) is 3. The van der Waals surface area contributed by atoms with E-state index in [-0.39, 0.29) is 29.7 Å². The van der Waals surface area contributed by atoms with Crippen LogP contribution in [0.2, 0.25) is 0 Å². The minimum atomic E-state index is -4.39. The second kappa shape index (κ2) is 7.95. The summed E-state index contributed by atoms with van der Waals surface area (Å²) in [5.74, 6) is -0.994. The summed E-state index contributed by atoms with van der Waals surface area (Å²) in [5.41, 5.74) is 1.51. The standard InChI is InChI=1S/C24H26F3NO3/c25-24(26,27)15-28-23(31)11-10-22(13-16-4-2-1-3-5-16)19(14-23)8-6-17-12-18(21(29)30)7-9-20(17)22/h1-5,7,9,12,19,28,31H,6,8,10-11,13-15H2,(H,29,30)/t19-,22+,23-/m1/s1. The van der Waals surface area contributed by atoms with Gasteiger partial charge in [0.05, 0.1) is 12.1 Å². The Bertz CT molecular complexity index is 962. The lowest BCUT2D eigenvalue weighted by Crippen LogP contribution is -2.58. The van der Waals surface area contributed by atoms with Gasteiger partial charge in [-0.3, -0.25) is 5.32 Å². The van der Waals surface area contributed by atoms with E-state index in [1.807, 2.05) is 36.4 Å². The average molecular weight is 433 g/mol. The first-order chi connectivity index (χ1) is 14.6. The third-order valence-electron chi connectivity index (χ3n) is 6.98. The second-order valence-corrected chi connectivity index (χ2v) is 8.94. The van der Waals surface area contributed by atoms with Gasteiger partial charge in [0.1, 0.15) is 5.72 Å². The summed E-state index contributed by atoms with van der Waals surface area (Å²) in [4.78, 5) is 11.4. The molecular weight excluding hydrogens is 407 g/mol. The number of fused-ring (bicyclic) bond motifs is 3. The van der Waals surface area contributed by atoms with Crippen LogP contribution in [-0.2, 0) is 18.3 Å². The van der Waals surface area contributed by atoms with Gasteiger partial charge in [-0.25, -0.2) is 4.79 Å². The fourth-order valence-electron chi connectivity index (χ4n) is 5.53. The Morgan fingerprint density at radius 1 is 1.13 bits per heavy atom. The first-order valence-electron chi connectivity index (χ1n) is 10.6. The predicted molar refractivity (Wildman–Crippen MR) is 110 cm³/mol. The Balaban J connectivity index is 1.70. The third-order valence-corrected chi connectivity index (χ3v) is 6.98. The molecule has 0 bridgehead atoms. The summed E-state index contributed by atoms with van der Waals surface area (Å²) in [6, 6.07) is 15.1. The number of carboxylic acids is 1. The number of carbonyl (C=O) groups is 1. The lowest BCUT2D eigenvalue weighted by molar-refractivity contribution is -0.151. The van der Waals surface area contributed by atoms with Crippen LogP contribution >= 0.6 is 0 Å². The summed E-state index contributed by atoms with van der Waals surface area (Å²) in [7, 11) is 0. The van der Waals surface area contributed by atoms with Gasteiger partial charge in [-0.05, 0) is 73.3 Å². The molecule has 0 unspecified atom stereocenters. The zero-order valence-corrected chi connectivity index (χ0v) is 17.1. The number of hydrogen-bond donors (Lipinski definition) is 3. The molecule has 1 saturated carbocycles. The SMILES string of the molecule is O=C(O)c1ccc2c(c1)CC[C@@H]1C[C@@](O)(NCC(F)(F)F)CC[C@@]21Cc1ccccc1. The number of nitrogens with one attached hydrogen (secondary N) is 1. The van der Waals surface area contributed by atoms with E-state index in [9.17, 15) is 28.2 Å². The molecule has 0 amide bonds. The van der Waals surface area contributed by atoms with Crippen molar-refractivity contribution < 1.29 is 28.2 Å². The molecule has 2 aromatic rings. The normalized spacial score (nSPS) is 27.9. The molecule has 0 aromatic heterocycles. The topological polar surface area (TPSA) is 69.6 Å². The maximum atomic E-state index is 12.8. The zero-order chi connectivity index (χ0) is 22.3. The Kier molecular flexibility index (Phi) is 5.60. The van der Waals surface area contributed by atoms with E-state index >= 15 is 0 Å². The van der Waals surface area contributed by atoms with Crippen LogP contribution in [0.25, 0.3) is 0 Å². The molecule has 31 heavy (non-hydrogen) atoms. The molecule has 2 aliphatic carbocycles. The fourth-order valence-corrected chi connectivity index (χ4v) is 5.53. The van der Waals surface area contributed by atoms with Crippen molar-refractivity contribution in [2.75, 3.05) is 6.54 Å². The number of aliphatic hydroxyl groups is 1. The molecule has 3 atom stereocenters. The minimum Gasteiger partial charge on any atom is -0.478 e. The van der Waals surface area contributed by atoms with Crippen molar-refractivity contribution in [3.8, 4) is 0 Å². The van der Waals surface area contributed by atoms with Gasteiger partial charge in [0, 0.05) is 5.41 Å². The molecule has 0 radical (unpaired) electrons. The average Bonchev–Trinajstić information content (AvgIpc) is 2.73. The fraction of sp³-hybridized carbons (Fsp3) is 0.458. The first kappa shape index (κ1) is 21.8. The van der Waals surface area contributed by atoms with Crippen molar-refractivity contribution in [2.24, 2.45) is 5.92 Å². The molecule has 4 nitrogen and oxygen atoms in total. The van der Waals surface area contributed by atoms with Crippen LogP contribution in [0.1, 0.15) is 52.7 Å². The van der Waals surface area contributed by atoms with Crippen LogP contribution in [0.15, 0.2) is 48.5 Å². The first-order valence-corrected chi connectivity index (χ1v) is 10.6. The van der Waals surface area contributed by atoms with E-state index in [1.54, 1.807) is 12.1 Å². The summed E-state index contributed by atoms with van der Waals surface area (Å²) in [6.45, 7) is -1.22. The van der Waals surface area contributed by atoms with Crippen molar-refractivity contribution in [1.29, 1.82) is 0 Å². The molecular formula is C24H26F3NO3. The van der Waals surface area contributed by atoms with Gasteiger partial charge in [0.15, 0.2) is 0 Å². The van der Waals surface area contributed by atoms with Crippen molar-refractivity contribution in [3.63, 3.8) is 0 Å². The highest BCUT2D eigenvalue weighted by molar-refractivity contribution is 5.88. The molecule has 2 aromatic carbocycles. The Labute approximate surface area is 179 Å². The van der Waals surface area contributed by atoms with Gasteiger partial charge in [0.25, 0.3) is 0 Å². The van der Waals surface area contributed by atoms with E-state index in [1.165, 1.54) is 0 Å². The molecule has 3 N–H and O–H groups in total. The minimum absolute atomic E-state index is 0.0182. The van der Waals surface area contributed by atoms with Gasteiger partial charge >= 0.3 is 12.1 Å². The summed E-state index contributed by atoms with van der Waals surface area (Å²) in [6.07, 6.45) is -1.39. The smallest absolute Gasteiger partial charge is 0.401 e. The van der Waals surface area contributed by atoms with Crippen LogP contribution in [-0.4, -0.2) is 34.6 Å². The summed E-state index contributed by atoms with van der Waals surface area (Å²) >= 11 is 0. The molecule has 2 aliphatic rings. The molecule has 4 rings (SSSR count). The zero-order valence-electron chi connectivity index (χ0n) is 17.1. The highest BCUT2D eigenvalue weighted by atomic mass is 19.4. The van der Waals surface area contributed by atoms with Crippen molar-refractivity contribution in [2.45, 2.75) is 55.8 Å². The van der Waals surface area contributed by atoms with Gasteiger partial charge < -0.3 is 10.2 Å². The lowest BCUT2D eigenvalue weighted by Gasteiger charge is -2.53. The maximum absolute atomic E-state index is 12.8. The van der Waals surface area contributed by atoms with Crippen LogP contribution in [0, 0.1) is 5.92 Å². The second-order valence-electron chi connectivity index (χ2n) is 8.94. The number of benzene rings is 2. The van der Waals surface area contributed by atoms with E-state index in [4.69, 9.17) is 0 Å². The van der Waals surface area contributed by atoms with Crippen molar-refractivity contribution >= 4 is 5.97 Å². The third kappa shape index (κ3) is 4.48. The summed E-state index contributed by atoms with van der Waals surface area (Å²) < 4.78 is 38.3. The van der Waals surface area contributed by atoms with Gasteiger partial charge in [0.2, 0.25) is 0 Å². The Hall–Kier alpha value is -2.38. The highest BCUT2D eigenvalue weighted by Crippen LogP contribution is 2.54. The monoisotopic (exact) mass is 433 g/mol. The lowest BCUT2D eigenvalue weighted by atomic mass is 9.53. The van der Waals surface area contributed by atoms with Gasteiger partial charge in [-0.2, -0.15) is 13.2 Å².